The van der Waals surface area contributed by atoms with Crippen molar-refractivity contribution in [3.8, 4) is 11.5 Å². The van der Waals surface area contributed by atoms with Gasteiger partial charge in [0.25, 0.3) is 0 Å². The van der Waals surface area contributed by atoms with Crippen LogP contribution in [0.5, 0.6) is 11.5 Å². The van der Waals surface area contributed by atoms with Crippen molar-refractivity contribution in [3.05, 3.63) is 120 Å². The molecule has 0 heterocycles. The van der Waals surface area contributed by atoms with Gasteiger partial charge >= 0.3 is 0 Å². The first-order chi connectivity index (χ1) is 14.2. The molecular formula is C26H24FeO3-6. The van der Waals surface area contributed by atoms with E-state index < -0.39 is 0 Å². The molecule has 0 aromatic heterocycles. The molecule has 3 nitrogen and oxygen atoms in total. The maximum Gasteiger partial charge on any atom is 0.115 e. The molecule has 0 radical (unpaired) electrons. The molecule has 30 heavy (non-hydrogen) atoms. The van der Waals surface area contributed by atoms with Crippen molar-refractivity contribution < 1.29 is 32.4 Å². The Morgan fingerprint density at radius 1 is 0.700 bits per heavy atom. The van der Waals surface area contributed by atoms with Crippen molar-refractivity contribution in [2.24, 2.45) is 0 Å². The molecule has 160 valence electrons. The van der Waals surface area contributed by atoms with Gasteiger partial charge in [0.2, 0.25) is 0 Å². The summed E-state index contributed by atoms with van der Waals surface area (Å²) < 4.78 is 0. The van der Waals surface area contributed by atoms with Crippen molar-refractivity contribution in [1.29, 1.82) is 0 Å². The summed E-state index contributed by atoms with van der Waals surface area (Å²) in [6, 6.07) is 32.0. The molecular weight excluding hydrogens is 416 g/mol. The molecule has 0 atom stereocenters. The van der Waals surface area contributed by atoms with Gasteiger partial charge in [-0.25, -0.2) is 0 Å². The van der Waals surface area contributed by atoms with Gasteiger partial charge in [-0.2, -0.15) is 12.1 Å². The number of hydrogen-bond acceptors (Lipinski definition) is 3. The van der Waals surface area contributed by atoms with Gasteiger partial charge in [0, 0.05) is 23.7 Å². The SMILES string of the molecule is OCCC(=C(c1ccc(O)cc1)c1ccc(O)cc1)[c-]1cccc1.[Fe].[cH-]1[cH-][cH-][cH-][cH-]1. The van der Waals surface area contributed by atoms with Gasteiger partial charge in [0.15, 0.2) is 0 Å². The Kier molecular flexibility index (Phi) is 9.17. The van der Waals surface area contributed by atoms with Gasteiger partial charge < -0.3 is 45.7 Å². The van der Waals surface area contributed by atoms with Crippen molar-refractivity contribution in [3.63, 3.8) is 0 Å². The molecule has 4 heteroatoms. The number of benzene rings is 2. The number of aromatic hydroxyl groups is 2. The second-order valence-corrected chi connectivity index (χ2v) is 6.56. The largest absolute Gasteiger partial charge is 0.748 e. The van der Waals surface area contributed by atoms with Gasteiger partial charge in [-0.15, -0.1) is 23.3 Å². The van der Waals surface area contributed by atoms with E-state index in [4.69, 9.17) is 0 Å². The summed E-state index contributed by atoms with van der Waals surface area (Å²) in [6.45, 7) is 0.0418. The molecule has 0 fully saturated rings. The minimum absolute atomic E-state index is 0. The molecule has 0 bridgehead atoms. The second kappa shape index (κ2) is 11.8. The van der Waals surface area contributed by atoms with Crippen LogP contribution in [0.4, 0.5) is 0 Å². The van der Waals surface area contributed by atoms with E-state index in [1.807, 2.05) is 78.9 Å². The topological polar surface area (TPSA) is 60.7 Å². The number of aliphatic hydroxyl groups excluding tert-OH is 1. The number of aliphatic hydroxyl groups is 1. The normalized spacial score (nSPS) is 9.77. The number of phenolic OH excluding ortho intramolecular Hbond substituents is 2. The molecule has 4 aromatic carbocycles. The molecule has 3 N–H and O–H groups in total. The number of hydrogen-bond donors (Lipinski definition) is 3. The fourth-order valence-corrected chi connectivity index (χ4v) is 3.19. The zero-order valence-corrected chi connectivity index (χ0v) is 17.5. The van der Waals surface area contributed by atoms with Crippen molar-refractivity contribution in [2.45, 2.75) is 6.42 Å². The molecule has 0 amide bonds. The zero-order valence-electron chi connectivity index (χ0n) is 16.4. The molecule has 0 unspecified atom stereocenters. The Morgan fingerprint density at radius 3 is 1.47 bits per heavy atom. The summed E-state index contributed by atoms with van der Waals surface area (Å²) in [5.41, 5.74) is 4.96. The van der Waals surface area contributed by atoms with Gasteiger partial charge in [-0.3, -0.25) is 0 Å². The van der Waals surface area contributed by atoms with E-state index in [1.165, 1.54) is 0 Å². The molecule has 0 saturated carbocycles. The van der Waals surface area contributed by atoms with E-state index in [1.54, 1.807) is 24.3 Å². The van der Waals surface area contributed by atoms with Crippen LogP contribution in [0.2, 0.25) is 0 Å². The van der Waals surface area contributed by atoms with E-state index in [0.29, 0.717) is 6.42 Å². The van der Waals surface area contributed by atoms with Crippen molar-refractivity contribution >= 4 is 11.1 Å². The summed E-state index contributed by atoms with van der Waals surface area (Å²) in [5, 5.41) is 28.7. The smallest absolute Gasteiger partial charge is 0.115 e. The molecule has 0 aliphatic carbocycles. The fraction of sp³-hybridized carbons (Fsp3) is 0.0769. The van der Waals surface area contributed by atoms with Crippen LogP contribution in [0.15, 0.2) is 103 Å². The maximum absolute atomic E-state index is 9.58. The third-order valence-corrected chi connectivity index (χ3v) is 4.54. The van der Waals surface area contributed by atoms with E-state index >= 15 is 0 Å². The predicted molar refractivity (Wildman–Crippen MR) is 118 cm³/mol. The Morgan fingerprint density at radius 2 is 1.10 bits per heavy atom. The first-order valence-electron chi connectivity index (χ1n) is 9.50. The zero-order chi connectivity index (χ0) is 20.5. The summed E-state index contributed by atoms with van der Waals surface area (Å²) >= 11 is 0. The summed E-state index contributed by atoms with van der Waals surface area (Å²) in [5.74, 6) is 0.418. The number of rotatable bonds is 5. The maximum atomic E-state index is 9.58. The number of phenols is 2. The molecule has 0 spiro atoms. The summed E-state index contributed by atoms with van der Waals surface area (Å²) in [4.78, 5) is 0. The van der Waals surface area contributed by atoms with E-state index in [-0.39, 0.29) is 35.2 Å². The van der Waals surface area contributed by atoms with Crippen LogP contribution in [0.3, 0.4) is 0 Å². The first-order valence-corrected chi connectivity index (χ1v) is 9.50. The minimum atomic E-state index is 0. The van der Waals surface area contributed by atoms with E-state index in [0.717, 1.165) is 27.8 Å². The van der Waals surface area contributed by atoms with Crippen LogP contribution in [0.1, 0.15) is 23.1 Å². The third-order valence-electron chi connectivity index (χ3n) is 4.54. The quantitative estimate of drug-likeness (QED) is 0.281. The van der Waals surface area contributed by atoms with Gasteiger partial charge in [0.1, 0.15) is 11.5 Å². The van der Waals surface area contributed by atoms with Crippen LogP contribution in [0, 0.1) is 0 Å². The third kappa shape index (κ3) is 6.23. The Bertz CT molecular complexity index is 933. The summed E-state index contributed by atoms with van der Waals surface area (Å²) in [6.07, 6.45) is 0.515. The van der Waals surface area contributed by atoms with Gasteiger partial charge in [-0.05, 0) is 30.7 Å². The van der Waals surface area contributed by atoms with Crippen LogP contribution in [-0.4, -0.2) is 21.9 Å². The van der Waals surface area contributed by atoms with Crippen LogP contribution < -0.4 is 0 Å². The standard InChI is InChI=1S/C21H19O3.C5H5.Fe/c22-14-13-20(15-3-1-2-4-15)21(16-5-9-18(23)10-6-16)17-7-11-19(24)12-8-17;1-2-4-5-3-1;/h1-12,22-24H,13-14H2;1-5H;/q-1;-5;. The second-order valence-electron chi connectivity index (χ2n) is 6.56. The molecule has 0 aliphatic rings. The van der Waals surface area contributed by atoms with Crippen LogP contribution in [0.25, 0.3) is 11.1 Å². The van der Waals surface area contributed by atoms with E-state index in [9.17, 15) is 15.3 Å². The average Bonchev–Trinajstić information content (AvgIpc) is 3.47. The Hall–Kier alpha value is -3.04. The summed E-state index contributed by atoms with van der Waals surface area (Å²) in [7, 11) is 0. The minimum Gasteiger partial charge on any atom is -0.748 e. The molecule has 4 aromatic rings. The van der Waals surface area contributed by atoms with Crippen LogP contribution >= 0.6 is 0 Å². The van der Waals surface area contributed by atoms with Gasteiger partial charge in [0.05, 0.1) is 0 Å². The Balaban J connectivity index is 0.000000468. The average molecular weight is 440 g/mol. The molecule has 0 saturated heterocycles. The predicted octanol–water partition coefficient (Wildman–Crippen LogP) is 5.56. The molecule has 4 rings (SSSR count). The monoisotopic (exact) mass is 440 g/mol. The Labute approximate surface area is 187 Å². The van der Waals surface area contributed by atoms with Crippen molar-refractivity contribution in [1.82, 2.24) is 0 Å². The molecule has 0 aliphatic heterocycles. The first kappa shape index (κ1) is 23.2. The fourth-order valence-electron chi connectivity index (χ4n) is 3.19. The van der Waals surface area contributed by atoms with Crippen LogP contribution in [-0.2, 0) is 17.1 Å². The van der Waals surface area contributed by atoms with Gasteiger partial charge in [-0.1, -0.05) is 41.0 Å². The van der Waals surface area contributed by atoms with E-state index in [2.05, 4.69) is 0 Å². The van der Waals surface area contributed by atoms with Crippen molar-refractivity contribution in [2.75, 3.05) is 6.61 Å².